The fourth-order valence-corrected chi connectivity index (χ4v) is 3.15. The normalized spacial score (nSPS) is 10.3. The zero-order valence-electron chi connectivity index (χ0n) is 12.4. The van der Waals surface area contributed by atoms with Gasteiger partial charge in [0.1, 0.15) is 10.6 Å². The molecule has 0 aliphatic carbocycles. The Labute approximate surface area is 127 Å². The molecule has 1 aromatic heterocycles. The Balaban J connectivity index is 2.64. The number of thiophene rings is 1. The van der Waals surface area contributed by atoms with Crippen molar-refractivity contribution in [3.05, 3.63) is 28.6 Å². The molecule has 21 heavy (non-hydrogen) atoms. The van der Waals surface area contributed by atoms with Gasteiger partial charge in [0.25, 0.3) is 0 Å². The molecule has 5 nitrogen and oxygen atoms in total. The first kappa shape index (κ1) is 15.2. The maximum atomic E-state index is 12.0. The Kier molecular flexibility index (Phi) is 4.37. The molecule has 0 atom stereocenters. The van der Waals surface area contributed by atoms with Gasteiger partial charge in [-0.25, -0.2) is 4.79 Å². The highest BCUT2D eigenvalue weighted by atomic mass is 32.1. The monoisotopic (exact) mass is 307 g/mol. The van der Waals surface area contributed by atoms with E-state index in [1.807, 2.05) is 19.1 Å². The van der Waals surface area contributed by atoms with E-state index >= 15 is 0 Å². The van der Waals surface area contributed by atoms with Gasteiger partial charge in [-0.3, -0.25) is 0 Å². The molecule has 0 saturated heterocycles. The van der Waals surface area contributed by atoms with Gasteiger partial charge in [0, 0.05) is 10.4 Å². The molecule has 2 rings (SSSR count). The van der Waals surface area contributed by atoms with Gasteiger partial charge in [0.15, 0.2) is 11.5 Å². The van der Waals surface area contributed by atoms with Crippen LogP contribution < -0.4 is 15.2 Å². The number of hydrogen-bond acceptors (Lipinski definition) is 6. The third kappa shape index (κ3) is 2.67. The minimum atomic E-state index is -0.443. The molecule has 1 aromatic carbocycles. The van der Waals surface area contributed by atoms with Crippen LogP contribution in [0.4, 0.5) is 5.00 Å². The van der Waals surface area contributed by atoms with Crippen LogP contribution >= 0.6 is 11.3 Å². The number of carbonyl (C=O) groups is 1. The Hall–Kier alpha value is -2.21. The highest BCUT2D eigenvalue weighted by molar-refractivity contribution is 7.16. The molecule has 0 unspecified atom stereocenters. The number of benzene rings is 1. The number of rotatable bonds is 4. The molecule has 0 aliphatic rings. The standard InChI is InChI=1S/C15H17NO4S/c1-8-12(13(14(16)21-8)15(17)20-4)9-5-6-10(18-2)11(7-9)19-3/h5-7H,16H2,1-4H3. The van der Waals surface area contributed by atoms with Crippen LogP contribution in [0, 0.1) is 6.92 Å². The summed E-state index contributed by atoms with van der Waals surface area (Å²) in [5.41, 5.74) is 7.94. The van der Waals surface area contributed by atoms with Crippen molar-refractivity contribution in [3.8, 4) is 22.6 Å². The summed E-state index contributed by atoms with van der Waals surface area (Å²) in [6.45, 7) is 1.92. The van der Waals surface area contributed by atoms with Crippen molar-refractivity contribution in [2.24, 2.45) is 0 Å². The molecule has 0 fully saturated rings. The summed E-state index contributed by atoms with van der Waals surface area (Å²) in [5.74, 6) is 0.776. The zero-order chi connectivity index (χ0) is 15.6. The van der Waals surface area contributed by atoms with Crippen LogP contribution in [0.25, 0.3) is 11.1 Å². The second-order valence-electron chi connectivity index (χ2n) is 4.33. The third-order valence-electron chi connectivity index (χ3n) is 3.17. The highest BCUT2D eigenvalue weighted by Crippen LogP contribution is 2.41. The van der Waals surface area contributed by atoms with Crippen LogP contribution in [0.2, 0.25) is 0 Å². The van der Waals surface area contributed by atoms with Gasteiger partial charge in [0.05, 0.1) is 21.3 Å². The van der Waals surface area contributed by atoms with Crippen LogP contribution in [0.3, 0.4) is 0 Å². The summed E-state index contributed by atoms with van der Waals surface area (Å²) >= 11 is 1.36. The Bertz CT molecular complexity index is 679. The lowest BCUT2D eigenvalue weighted by Gasteiger charge is -2.11. The summed E-state index contributed by atoms with van der Waals surface area (Å²) in [6, 6.07) is 5.48. The van der Waals surface area contributed by atoms with Crippen molar-refractivity contribution in [1.82, 2.24) is 0 Å². The minimum absolute atomic E-state index is 0.396. The van der Waals surface area contributed by atoms with Crippen molar-refractivity contribution < 1.29 is 19.0 Å². The molecule has 112 valence electrons. The molecule has 0 aliphatic heterocycles. The Morgan fingerprint density at radius 2 is 1.81 bits per heavy atom. The molecule has 0 bridgehead atoms. The van der Waals surface area contributed by atoms with Gasteiger partial charge in [-0.2, -0.15) is 0 Å². The van der Waals surface area contributed by atoms with Crippen molar-refractivity contribution in [3.63, 3.8) is 0 Å². The summed E-state index contributed by atoms with van der Waals surface area (Å²) in [4.78, 5) is 12.9. The Morgan fingerprint density at radius 1 is 1.14 bits per heavy atom. The lowest BCUT2D eigenvalue weighted by Crippen LogP contribution is -2.04. The van der Waals surface area contributed by atoms with Crippen LogP contribution in [0.15, 0.2) is 18.2 Å². The van der Waals surface area contributed by atoms with E-state index in [1.54, 1.807) is 20.3 Å². The molecule has 6 heteroatoms. The first-order chi connectivity index (χ1) is 10.0. The van der Waals surface area contributed by atoms with Crippen LogP contribution in [-0.2, 0) is 4.74 Å². The number of nitrogen functional groups attached to an aromatic ring is 1. The van der Waals surface area contributed by atoms with E-state index in [1.165, 1.54) is 18.4 Å². The van der Waals surface area contributed by atoms with E-state index in [0.717, 1.165) is 16.0 Å². The molecule has 2 N–H and O–H groups in total. The number of esters is 1. The second kappa shape index (κ2) is 6.05. The van der Waals surface area contributed by atoms with Crippen molar-refractivity contribution in [2.45, 2.75) is 6.92 Å². The van der Waals surface area contributed by atoms with Crippen LogP contribution in [0.5, 0.6) is 11.5 Å². The maximum Gasteiger partial charge on any atom is 0.341 e. The van der Waals surface area contributed by atoms with Crippen LogP contribution in [0.1, 0.15) is 15.2 Å². The minimum Gasteiger partial charge on any atom is -0.493 e. The molecular weight excluding hydrogens is 290 g/mol. The zero-order valence-corrected chi connectivity index (χ0v) is 13.2. The van der Waals surface area contributed by atoms with Crippen molar-refractivity contribution >= 4 is 22.3 Å². The van der Waals surface area contributed by atoms with E-state index in [0.29, 0.717) is 22.1 Å². The summed E-state index contributed by atoms with van der Waals surface area (Å²) in [6.07, 6.45) is 0. The lowest BCUT2D eigenvalue weighted by atomic mass is 10.0. The van der Waals surface area contributed by atoms with Gasteiger partial charge >= 0.3 is 5.97 Å². The summed E-state index contributed by atoms with van der Waals surface area (Å²) in [7, 11) is 4.48. The SMILES string of the molecule is COC(=O)c1c(N)sc(C)c1-c1ccc(OC)c(OC)c1. The topological polar surface area (TPSA) is 70.8 Å². The van der Waals surface area contributed by atoms with Crippen molar-refractivity contribution in [2.75, 3.05) is 27.1 Å². The number of hydrogen-bond donors (Lipinski definition) is 1. The number of nitrogens with two attached hydrogens (primary N) is 1. The maximum absolute atomic E-state index is 12.0. The summed E-state index contributed by atoms with van der Waals surface area (Å²) in [5, 5.41) is 0.448. The Morgan fingerprint density at radius 3 is 2.38 bits per heavy atom. The van der Waals surface area contributed by atoms with Gasteiger partial charge < -0.3 is 19.9 Å². The predicted octanol–water partition coefficient (Wildman–Crippen LogP) is 3.11. The first-order valence-electron chi connectivity index (χ1n) is 6.23. The third-order valence-corrected chi connectivity index (χ3v) is 4.11. The van der Waals surface area contributed by atoms with Crippen molar-refractivity contribution in [1.29, 1.82) is 0 Å². The average molecular weight is 307 g/mol. The fraction of sp³-hybridized carbons (Fsp3) is 0.267. The first-order valence-corrected chi connectivity index (χ1v) is 7.04. The predicted molar refractivity (Wildman–Crippen MR) is 83.3 cm³/mol. The number of anilines is 1. The van der Waals surface area contributed by atoms with E-state index < -0.39 is 5.97 Å². The quantitative estimate of drug-likeness (QED) is 0.879. The molecular formula is C15H17NO4S. The summed E-state index contributed by atoms with van der Waals surface area (Å²) < 4.78 is 15.4. The smallest absolute Gasteiger partial charge is 0.341 e. The van der Waals surface area contributed by atoms with Gasteiger partial charge in [-0.05, 0) is 24.6 Å². The second-order valence-corrected chi connectivity index (χ2v) is 5.59. The van der Waals surface area contributed by atoms with E-state index in [-0.39, 0.29) is 0 Å². The average Bonchev–Trinajstić information content (AvgIpc) is 2.80. The van der Waals surface area contributed by atoms with Gasteiger partial charge in [0.2, 0.25) is 0 Å². The van der Waals surface area contributed by atoms with E-state index in [2.05, 4.69) is 0 Å². The fourth-order valence-electron chi connectivity index (χ4n) is 2.21. The molecule has 2 aromatic rings. The van der Waals surface area contributed by atoms with E-state index in [4.69, 9.17) is 19.9 Å². The molecule has 1 heterocycles. The molecule has 0 radical (unpaired) electrons. The lowest BCUT2D eigenvalue weighted by molar-refractivity contribution is 0.0603. The largest absolute Gasteiger partial charge is 0.493 e. The number of methoxy groups -OCH3 is 3. The number of carbonyl (C=O) groups excluding carboxylic acids is 1. The molecule has 0 amide bonds. The van der Waals surface area contributed by atoms with Gasteiger partial charge in [-0.1, -0.05) is 6.07 Å². The number of aryl methyl sites for hydroxylation is 1. The van der Waals surface area contributed by atoms with Crippen LogP contribution in [-0.4, -0.2) is 27.3 Å². The van der Waals surface area contributed by atoms with E-state index in [9.17, 15) is 4.79 Å². The van der Waals surface area contributed by atoms with Gasteiger partial charge in [-0.15, -0.1) is 11.3 Å². The number of ether oxygens (including phenoxy) is 3. The highest BCUT2D eigenvalue weighted by Gasteiger charge is 2.23. The molecule has 0 spiro atoms. The molecule has 0 saturated carbocycles.